The van der Waals surface area contributed by atoms with Crippen LogP contribution >= 0.6 is 11.3 Å². The van der Waals surface area contributed by atoms with Crippen molar-refractivity contribution in [3.8, 4) is 11.1 Å². The van der Waals surface area contributed by atoms with Crippen LogP contribution in [0.25, 0.3) is 11.1 Å². The van der Waals surface area contributed by atoms with Crippen molar-refractivity contribution < 1.29 is 27.6 Å². The minimum Gasteiger partial charge on any atom is -0.349 e. The molecule has 4 rings (SSSR count). The molecule has 7 nitrogen and oxygen atoms in total. The molecule has 2 heterocycles. The highest BCUT2D eigenvalue weighted by Gasteiger charge is 2.50. The van der Waals surface area contributed by atoms with Gasteiger partial charge in [0.1, 0.15) is 0 Å². The number of carbonyl (C=O) groups is 3. The molecule has 0 radical (unpaired) electrons. The normalized spacial score (nSPS) is 17.9. The Bertz CT molecular complexity index is 1290. The molecule has 2 aromatic carbocycles. The summed E-state index contributed by atoms with van der Waals surface area (Å²) in [5.41, 5.74) is 1.66. The van der Waals surface area contributed by atoms with E-state index in [1.54, 1.807) is 32.0 Å². The van der Waals surface area contributed by atoms with E-state index in [0.717, 1.165) is 17.7 Å². The number of nitrogens with zero attached hydrogens (tertiary/aromatic N) is 1. The first kappa shape index (κ1) is 23.4. The lowest BCUT2D eigenvalue weighted by atomic mass is 9.94. The van der Waals surface area contributed by atoms with E-state index in [-0.39, 0.29) is 12.1 Å². The maximum atomic E-state index is 13.2. The summed E-state index contributed by atoms with van der Waals surface area (Å²) in [6.07, 6.45) is -4.47. The zero-order valence-electron chi connectivity index (χ0n) is 18.0. The van der Waals surface area contributed by atoms with Crippen molar-refractivity contribution in [3.05, 3.63) is 75.2 Å². The summed E-state index contributed by atoms with van der Waals surface area (Å²) >= 11 is 1.17. The van der Waals surface area contributed by atoms with Gasteiger partial charge in [-0.15, -0.1) is 11.3 Å². The van der Waals surface area contributed by atoms with Gasteiger partial charge in [-0.1, -0.05) is 29.8 Å². The molecule has 1 atom stereocenters. The lowest BCUT2D eigenvalue weighted by molar-refractivity contribution is -0.137. The van der Waals surface area contributed by atoms with Gasteiger partial charge >= 0.3 is 12.2 Å². The van der Waals surface area contributed by atoms with E-state index < -0.39 is 35.1 Å². The smallest absolute Gasteiger partial charge is 0.349 e. The monoisotopic (exact) mass is 488 g/mol. The van der Waals surface area contributed by atoms with Crippen LogP contribution < -0.4 is 16.0 Å². The Morgan fingerprint density at radius 3 is 2.38 bits per heavy atom. The largest absolute Gasteiger partial charge is 0.416 e. The second-order valence-electron chi connectivity index (χ2n) is 7.89. The molecule has 11 heteroatoms. The summed E-state index contributed by atoms with van der Waals surface area (Å²) in [5, 5.41) is 7.49. The topological polar surface area (TPSA) is 100 Å². The molecule has 1 fully saturated rings. The van der Waals surface area contributed by atoms with E-state index in [1.807, 2.05) is 0 Å². The second kappa shape index (κ2) is 8.56. The molecule has 0 saturated carbocycles. The third kappa shape index (κ3) is 4.26. The van der Waals surface area contributed by atoms with Crippen molar-refractivity contribution in [2.24, 2.45) is 0 Å². The van der Waals surface area contributed by atoms with Gasteiger partial charge < -0.3 is 10.6 Å². The quantitative estimate of drug-likeness (QED) is 0.474. The van der Waals surface area contributed by atoms with Crippen LogP contribution in [-0.4, -0.2) is 29.4 Å². The van der Waals surface area contributed by atoms with Crippen molar-refractivity contribution >= 4 is 29.2 Å². The van der Waals surface area contributed by atoms with E-state index in [9.17, 15) is 27.6 Å². The van der Waals surface area contributed by atoms with Gasteiger partial charge in [0.05, 0.1) is 28.2 Å². The molecule has 3 N–H and O–H groups in total. The predicted octanol–water partition coefficient (Wildman–Crippen LogP) is 3.91. The van der Waals surface area contributed by atoms with Crippen LogP contribution in [0.3, 0.4) is 0 Å². The Kier molecular flexibility index (Phi) is 5.90. The Labute approximate surface area is 196 Å². The van der Waals surface area contributed by atoms with E-state index >= 15 is 0 Å². The van der Waals surface area contributed by atoms with Gasteiger partial charge in [0.25, 0.3) is 11.8 Å². The van der Waals surface area contributed by atoms with E-state index in [0.29, 0.717) is 21.7 Å². The SMILES string of the molecule is Cc1ccc(C(=O)NCC2(c3scnc3C)NC(=O)NC2=O)c(-c2ccc(C(F)(F)F)cc2)c1. The standard InChI is InChI=1S/C23H19F3N4O3S/c1-12-3-8-16(17(9-12)14-4-6-15(7-5-14)23(24,25)26)19(31)27-10-22(18-13(2)28-11-34-18)20(32)29-21(33)30-22/h3-9,11H,10H2,1-2H3,(H,27,31)(H2,29,30,32,33). The lowest BCUT2D eigenvalue weighted by Crippen LogP contribution is -2.52. The van der Waals surface area contributed by atoms with Crippen LogP contribution in [0.2, 0.25) is 0 Å². The highest BCUT2D eigenvalue weighted by Crippen LogP contribution is 2.33. The molecule has 1 unspecified atom stereocenters. The average molecular weight is 488 g/mol. The van der Waals surface area contributed by atoms with E-state index in [4.69, 9.17) is 0 Å². The maximum Gasteiger partial charge on any atom is 0.416 e. The first-order chi connectivity index (χ1) is 16.0. The number of urea groups is 1. The number of benzene rings is 2. The number of nitrogens with one attached hydrogen (secondary N) is 3. The van der Waals surface area contributed by atoms with Crippen molar-refractivity contribution in [1.82, 2.24) is 20.9 Å². The average Bonchev–Trinajstić information content (AvgIpc) is 3.33. The van der Waals surface area contributed by atoms with Crippen molar-refractivity contribution in [3.63, 3.8) is 0 Å². The Morgan fingerprint density at radius 2 is 1.82 bits per heavy atom. The predicted molar refractivity (Wildman–Crippen MR) is 119 cm³/mol. The molecule has 1 aromatic heterocycles. The fraction of sp³-hybridized carbons (Fsp3) is 0.217. The van der Waals surface area contributed by atoms with Crippen LogP contribution in [0.15, 0.2) is 48.0 Å². The van der Waals surface area contributed by atoms with Crippen molar-refractivity contribution in [2.45, 2.75) is 25.6 Å². The van der Waals surface area contributed by atoms with Gasteiger partial charge in [0.2, 0.25) is 0 Å². The number of rotatable bonds is 5. The zero-order chi connectivity index (χ0) is 24.7. The molecule has 0 bridgehead atoms. The highest BCUT2D eigenvalue weighted by atomic mass is 32.1. The van der Waals surface area contributed by atoms with Crippen molar-refractivity contribution in [2.75, 3.05) is 6.54 Å². The van der Waals surface area contributed by atoms with Gasteiger partial charge in [0, 0.05) is 5.56 Å². The third-order valence-electron chi connectivity index (χ3n) is 5.53. The summed E-state index contributed by atoms with van der Waals surface area (Å²) < 4.78 is 38.9. The number of alkyl halides is 3. The molecule has 0 aliphatic carbocycles. The summed E-state index contributed by atoms with van der Waals surface area (Å²) in [6.45, 7) is 3.25. The molecular formula is C23H19F3N4O3S. The molecule has 0 spiro atoms. The molecule has 4 amide bonds. The zero-order valence-corrected chi connectivity index (χ0v) is 18.9. The van der Waals surface area contributed by atoms with Crippen molar-refractivity contribution in [1.29, 1.82) is 0 Å². The Balaban J connectivity index is 1.65. The molecular weight excluding hydrogens is 469 g/mol. The van der Waals surface area contributed by atoms with Crippen LogP contribution in [0.1, 0.15) is 32.1 Å². The molecule has 1 aliphatic heterocycles. The summed E-state index contributed by atoms with van der Waals surface area (Å²) in [5.74, 6) is -1.16. The second-order valence-corrected chi connectivity index (χ2v) is 8.74. The van der Waals surface area contributed by atoms with E-state index in [1.165, 1.54) is 29.0 Å². The number of halogens is 3. The van der Waals surface area contributed by atoms with Crippen LogP contribution in [0, 0.1) is 13.8 Å². The minimum absolute atomic E-state index is 0.214. The van der Waals surface area contributed by atoms with Crippen LogP contribution in [0.5, 0.6) is 0 Å². The van der Waals surface area contributed by atoms with Crippen LogP contribution in [-0.2, 0) is 16.5 Å². The summed E-state index contributed by atoms with van der Waals surface area (Å²) in [4.78, 5) is 42.4. The number of hydrogen-bond acceptors (Lipinski definition) is 5. The number of aryl methyl sites for hydroxylation is 2. The Morgan fingerprint density at radius 1 is 1.12 bits per heavy atom. The first-order valence-corrected chi connectivity index (χ1v) is 11.0. The molecule has 34 heavy (non-hydrogen) atoms. The number of amides is 4. The number of thiazole rings is 1. The summed E-state index contributed by atoms with van der Waals surface area (Å²) in [7, 11) is 0. The Hall–Kier alpha value is -3.73. The maximum absolute atomic E-state index is 13.2. The summed E-state index contributed by atoms with van der Waals surface area (Å²) in [6, 6.07) is 8.81. The number of imide groups is 1. The fourth-order valence-corrected chi connectivity index (χ4v) is 4.77. The number of hydrogen-bond donors (Lipinski definition) is 3. The van der Waals surface area contributed by atoms with Crippen LogP contribution in [0.4, 0.5) is 18.0 Å². The highest BCUT2D eigenvalue weighted by molar-refractivity contribution is 7.10. The molecule has 1 aliphatic rings. The van der Waals surface area contributed by atoms with Gasteiger partial charge in [0.15, 0.2) is 5.54 Å². The number of aromatic nitrogens is 1. The van der Waals surface area contributed by atoms with Gasteiger partial charge in [-0.05, 0) is 43.2 Å². The van der Waals surface area contributed by atoms with Gasteiger partial charge in [-0.2, -0.15) is 13.2 Å². The molecule has 1 saturated heterocycles. The molecule has 176 valence electrons. The number of carbonyl (C=O) groups excluding carboxylic acids is 3. The molecule has 3 aromatic rings. The third-order valence-corrected chi connectivity index (χ3v) is 6.62. The minimum atomic E-state index is -4.47. The van der Waals surface area contributed by atoms with E-state index in [2.05, 4.69) is 20.9 Å². The van der Waals surface area contributed by atoms with Gasteiger partial charge in [-0.25, -0.2) is 9.78 Å². The first-order valence-electron chi connectivity index (χ1n) is 10.1. The van der Waals surface area contributed by atoms with Gasteiger partial charge in [-0.3, -0.25) is 14.9 Å². The fourth-order valence-electron chi connectivity index (χ4n) is 3.81. The lowest BCUT2D eigenvalue weighted by Gasteiger charge is -2.26.